The first-order valence-corrected chi connectivity index (χ1v) is 14.2. The Morgan fingerprint density at radius 1 is 1.07 bits per heavy atom. The zero-order chi connectivity index (χ0) is 29.9. The standard InChI is InChI=1S/C34H31FN2O6/c1-41-30-11-6-23-19-31(30)42-15-3-13-36-34(40)28-20-26(8-10-29(28)35)43-25-7-9-27-22(18-25)12-14-37(33(23)27)32(39)17-21-4-2-5-24(38)16-21/h2,4-11,16,18-20,33,38H,3,12-15,17H2,1H3,(H,36,40). The first-order chi connectivity index (χ1) is 20.9. The van der Waals surface area contributed by atoms with Crippen LogP contribution < -0.4 is 19.5 Å². The van der Waals surface area contributed by atoms with Gasteiger partial charge in [-0.25, -0.2) is 4.39 Å². The molecule has 8 bridgehead atoms. The third-order valence-corrected chi connectivity index (χ3v) is 7.71. The third-order valence-electron chi connectivity index (χ3n) is 7.71. The molecule has 9 heteroatoms. The highest BCUT2D eigenvalue weighted by Crippen LogP contribution is 2.41. The van der Waals surface area contributed by atoms with Crippen LogP contribution >= 0.6 is 0 Å². The predicted molar refractivity (Wildman–Crippen MR) is 157 cm³/mol. The Balaban J connectivity index is 1.42. The van der Waals surface area contributed by atoms with Gasteiger partial charge in [0.25, 0.3) is 5.91 Å². The number of carbonyl (C=O) groups excluding carboxylic acids is 2. The predicted octanol–water partition coefficient (Wildman–Crippen LogP) is 5.56. The molecule has 1 unspecified atom stereocenters. The number of nitrogens with one attached hydrogen (secondary N) is 1. The van der Waals surface area contributed by atoms with Crippen molar-refractivity contribution in [1.82, 2.24) is 10.2 Å². The molecule has 2 N–H and O–H groups in total. The van der Waals surface area contributed by atoms with E-state index >= 15 is 0 Å². The Morgan fingerprint density at radius 3 is 2.74 bits per heavy atom. The van der Waals surface area contributed by atoms with Crippen molar-refractivity contribution in [3.05, 3.63) is 112 Å². The zero-order valence-electron chi connectivity index (χ0n) is 23.6. The molecule has 7 rings (SSSR count). The van der Waals surface area contributed by atoms with E-state index in [1.807, 2.05) is 47.4 Å². The average Bonchev–Trinajstić information content (AvgIpc) is 3.00. The second-order valence-corrected chi connectivity index (χ2v) is 10.6. The second-order valence-electron chi connectivity index (χ2n) is 10.6. The molecule has 3 aliphatic rings. The summed E-state index contributed by atoms with van der Waals surface area (Å²) in [7, 11) is 1.56. The minimum absolute atomic E-state index is 0.0726. The molecule has 1 atom stereocenters. The van der Waals surface area contributed by atoms with Crippen LogP contribution in [0.1, 0.15) is 45.1 Å². The lowest BCUT2D eigenvalue weighted by Crippen LogP contribution is -2.41. The van der Waals surface area contributed by atoms with Crippen molar-refractivity contribution in [2.75, 3.05) is 26.8 Å². The average molecular weight is 583 g/mol. The number of ether oxygens (including phenoxy) is 3. The SMILES string of the molecule is COc1ccc2cc1OCCCNC(=O)c1cc(ccc1F)Oc1ccc3c(c1)CCN(C(=O)Cc1cccc(O)c1)C23. The van der Waals surface area contributed by atoms with Gasteiger partial charge in [-0.2, -0.15) is 0 Å². The fourth-order valence-corrected chi connectivity index (χ4v) is 5.64. The fourth-order valence-electron chi connectivity index (χ4n) is 5.64. The van der Waals surface area contributed by atoms with E-state index in [1.165, 1.54) is 18.2 Å². The number of nitrogens with zero attached hydrogens (tertiary/aromatic N) is 1. The van der Waals surface area contributed by atoms with Gasteiger partial charge in [-0.1, -0.05) is 24.3 Å². The monoisotopic (exact) mass is 582 g/mol. The number of amides is 2. The summed E-state index contributed by atoms with van der Waals surface area (Å²) in [6.07, 6.45) is 1.20. The van der Waals surface area contributed by atoms with E-state index in [0.29, 0.717) is 42.4 Å². The van der Waals surface area contributed by atoms with Gasteiger partial charge < -0.3 is 29.5 Å². The number of phenolic OH excluding ortho intramolecular Hbond substituents is 1. The minimum Gasteiger partial charge on any atom is -0.508 e. The molecule has 0 aromatic heterocycles. The van der Waals surface area contributed by atoms with Gasteiger partial charge in [-0.05, 0) is 89.7 Å². The molecule has 0 aliphatic carbocycles. The number of phenols is 1. The Hall–Kier alpha value is -5.05. The van der Waals surface area contributed by atoms with E-state index in [2.05, 4.69) is 5.32 Å². The highest BCUT2D eigenvalue weighted by atomic mass is 19.1. The van der Waals surface area contributed by atoms with Crippen LogP contribution in [0.3, 0.4) is 0 Å². The highest BCUT2D eigenvalue weighted by Gasteiger charge is 2.33. The summed E-state index contributed by atoms with van der Waals surface area (Å²) < 4.78 is 32.2. The number of fused-ring (bicyclic) bond motifs is 6. The molecule has 0 radical (unpaired) electrons. The lowest BCUT2D eigenvalue weighted by Gasteiger charge is -2.38. The molecular formula is C34H31FN2O6. The molecule has 4 aromatic carbocycles. The minimum atomic E-state index is -0.638. The summed E-state index contributed by atoms with van der Waals surface area (Å²) in [5, 5.41) is 12.7. The summed E-state index contributed by atoms with van der Waals surface area (Å²) in [5.74, 6) is 0.797. The number of carbonyl (C=O) groups is 2. The van der Waals surface area contributed by atoms with Crippen molar-refractivity contribution in [3.63, 3.8) is 0 Å². The maximum atomic E-state index is 14.5. The van der Waals surface area contributed by atoms with Crippen LogP contribution in [0.5, 0.6) is 28.7 Å². The molecular weight excluding hydrogens is 551 g/mol. The summed E-state index contributed by atoms with van der Waals surface area (Å²) in [6, 6.07) is 21.7. The smallest absolute Gasteiger partial charge is 0.254 e. The van der Waals surface area contributed by atoms with Crippen molar-refractivity contribution >= 4 is 11.8 Å². The van der Waals surface area contributed by atoms with Crippen molar-refractivity contribution in [2.45, 2.75) is 25.3 Å². The number of rotatable bonds is 3. The second kappa shape index (κ2) is 12.1. The molecule has 8 nitrogen and oxygen atoms in total. The van der Waals surface area contributed by atoms with Crippen LogP contribution in [0, 0.1) is 5.82 Å². The van der Waals surface area contributed by atoms with Gasteiger partial charge in [-0.15, -0.1) is 0 Å². The number of methoxy groups -OCH3 is 1. The molecule has 3 aliphatic heterocycles. The quantitative estimate of drug-likeness (QED) is 0.328. The Labute approximate surface area is 248 Å². The Bertz CT molecular complexity index is 1690. The van der Waals surface area contributed by atoms with Crippen LogP contribution in [0.15, 0.2) is 78.9 Å². The summed E-state index contributed by atoms with van der Waals surface area (Å²) >= 11 is 0. The van der Waals surface area contributed by atoms with Crippen LogP contribution in [-0.2, 0) is 17.6 Å². The molecule has 0 saturated heterocycles. The van der Waals surface area contributed by atoms with E-state index < -0.39 is 17.8 Å². The van der Waals surface area contributed by atoms with Gasteiger partial charge >= 0.3 is 0 Å². The molecule has 0 fully saturated rings. The van der Waals surface area contributed by atoms with Gasteiger partial charge in [0, 0.05) is 13.1 Å². The molecule has 43 heavy (non-hydrogen) atoms. The molecule has 0 saturated carbocycles. The molecule has 220 valence electrons. The third kappa shape index (κ3) is 5.97. The molecule has 4 aromatic rings. The van der Waals surface area contributed by atoms with Crippen molar-refractivity contribution < 1.29 is 33.3 Å². The number of aromatic hydroxyl groups is 1. The number of halogens is 1. The van der Waals surface area contributed by atoms with Crippen LogP contribution in [-0.4, -0.2) is 48.6 Å². The van der Waals surface area contributed by atoms with E-state index in [-0.39, 0.29) is 36.8 Å². The van der Waals surface area contributed by atoms with Crippen molar-refractivity contribution in [2.24, 2.45) is 0 Å². The highest BCUT2D eigenvalue weighted by molar-refractivity contribution is 5.94. The number of benzene rings is 4. The van der Waals surface area contributed by atoms with Crippen molar-refractivity contribution in [1.29, 1.82) is 0 Å². The van der Waals surface area contributed by atoms with Gasteiger partial charge in [0.05, 0.1) is 31.7 Å². The molecule has 2 amide bonds. The van der Waals surface area contributed by atoms with Crippen LogP contribution in [0.2, 0.25) is 0 Å². The zero-order valence-corrected chi connectivity index (χ0v) is 23.6. The Kier molecular flexibility index (Phi) is 7.87. The lowest BCUT2D eigenvalue weighted by molar-refractivity contribution is -0.132. The first-order valence-electron chi connectivity index (χ1n) is 14.2. The van der Waals surface area contributed by atoms with Crippen LogP contribution in [0.4, 0.5) is 4.39 Å². The van der Waals surface area contributed by atoms with E-state index in [9.17, 15) is 19.1 Å². The van der Waals surface area contributed by atoms with E-state index in [4.69, 9.17) is 14.2 Å². The van der Waals surface area contributed by atoms with Crippen molar-refractivity contribution in [3.8, 4) is 28.7 Å². The Morgan fingerprint density at radius 2 is 1.91 bits per heavy atom. The maximum absolute atomic E-state index is 14.5. The van der Waals surface area contributed by atoms with Crippen LogP contribution in [0.25, 0.3) is 0 Å². The topological polar surface area (TPSA) is 97.3 Å². The number of hydrogen-bond acceptors (Lipinski definition) is 6. The summed E-state index contributed by atoms with van der Waals surface area (Å²) in [4.78, 5) is 28.4. The van der Waals surface area contributed by atoms with Gasteiger partial charge in [0.15, 0.2) is 11.5 Å². The normalized spacial score (nSPS) is 16.3. The van der Waals surface area contributed by atoms with Gasteiger partial charge in [0.1, 0.15) is 23.1 Å². The number of hydrogen-bond donors (Lipinski definition) is 2. The first kappa shape index (κ1) is 28.1. The maximum Gasteiger partial charge on any atom is 0.254 e. The fraction of sp³-hybridized carbons (Fsp3) is 0.235. The van der Waals surface area contributed by atoms with E-state index in [1.54, 1.807) is 25.3 Å². The van der Waals surface area contributed by atoms with E-state index in [0.717, 1.165) is 22.3 Å². The van der Waals surface area contributed by atoms with Gasteiger partial charge in [-0.3, -0.25) is 9.59 Å². The van der Waals surface area contributed by atoms with Gasteiger partial charge in [0.2, 0.25) is 5.91 Å². The molecule has 0 spiro atoms. The molecule has 3 heterocycles. The lowest BCUT2D eigenvalue weighted by atomic mass is 9.87. The summed E-state index contributed by atoms with van der Waals surface area (Å²) in [5.41, 5.74) is 3.42. The summed E-state index contributed by atoms with van der Waals surface area (Å²) in [6.45, 7) is 1.01. The largest absolute Gasteiger partial charge is 0.508 e.